The number of aromatic nitrogens is 4. The van der Waals surface area contributed by atoms with E-state index in [9.17, 15) is 13.2 Å². The Hall–Kier alpha value is -2.34. The van der Waals surface area contributed by atoms with Crippen molar-refractivity contribution >= 4 is 43.9 Å². The van der Waals surface area contributed by atoms with Gasteiger partial charge in [-0.1, -0.05) is 22.9 Å². The van der Waals surface area contributed by atoms with E-state index in [4.69, 9.17) is 11.6 Å². The number of carbonyl (C=O) groups excluding carboxylic acids is 1. The van der Waals surface area contributed by atoms with Crippen LogP contribution in [0.15, 0.2) is 29.4 Å². The predicted molar refractivity (Wildman–Crippen MR) is 112 cm³/mol. The van der Waals surface area contributed by atoms with Crippen LogP contribution in [-0.4, -0.2) is 52.5 Å². The number of hydrogen-bond donors (Lipinski definition) is 1. The fourth-order valence-electron chi connectivity index (χ4n) is 2.68. The van der Waals surface area contributed by atoms with Crippen molar-refractivity contribution < 1.29 is 13.2 Å². The number of nitrogens with one attached hydrogen (secondary N) is 1. The van der Waals surface area contributed by atoms with Gasteiger partial charge < -0.3 is 5.32 Å². The zero-order chi connectivity index (χ0) is 21.3. The van der Waals surface area contributed by atoms with Gasteiger partial charge in [0.25, 0.3) is 0 Å². The Morgan fingerprint density at radius 2 is 2.07 bits per heavy atom. The fourth-order valence-corrected chi connectivity index (χ4v) is 5.10. The van der Waals surface area contributed by atoms with Crippen LogP contribution in [-0.2, 0) is 21.4 Å². The third kappa shape index (κ3) is 4.32. The predicted octanol–water partition coefficient (Wildman–Crippen LogP) is 2.56. The number of nitrogens with zero attached hydrogens (tertiary/aromatic N) is 5. The average molecular weight is 455 g/mol. The number of hydrogen-bond acceptors (Lipinski definition) is 7. The van der Waals surface area contributed by atoms with E-state index >= 15 is 0 Å². The van der Waals surface area contributed by atoms with E-state index in [-0.39, 0.29) is 16.6 Å². The molecule has 0 bridgehead atoms. The minimum atomic E-state index is -3.66. The van der Waals surface area contributed by atoms with Crippen LogP contribution in [0, 0.1) is 13.8 Å². The van der Waals surface area contributed by atoms with Crippen LogP contribution in [0.25, 0.3) is 10.6 Å². The zero-order valence-corrected chi connectivity index (χ0v) is 18.6. The van der Waals surface area contributed by atoms with Crippen LogP contribution in [0.1, 0.15) is 11.4 Å². The molecule has 12 heteroatoms. The summed E-state index contributed by atoms with van der Waals surface area (Å²) >= 11 is 7.38. The molecule has 29 heavy (non-hydrogen) atoms. The first-order valence-corrected chi connectivity index (χ1v) is 11.1. The van der Waals surface area contributed by atoms with Crippen molar-refractivity contribution in [3.8, 4) is 10.6 Å². The van der Waals surface area contributed by atoms with Gasteiger partial charge in [0.1, 0.15) is 21.4 Å². The molecule has 0 saturated heterocycles. The summed E-state index contributed by atoms with van der Waals surface area (Å²) in [6.07, 6.45) is 3.31. The van der Waals surface area contributed by atoms with E-state index in [1.165, 1.54) is 30.1 Å². The van der Waals surface area contributed by atoms with E-state index < -0.39 is 15.9 Å². The fraction of sp³-hybridized carbons (Fsp3) is 0.294. The first-order valence-electron chi connectivity index (χ1n) is 8.44. The highest BCUT2D eigenvalue weighted by Gasteiger charge is 2.27. The lowest BCUT2D eigenvalue weighted by atomic mass is 10.3. The number of carbonyl (C=O) groups is 1. The van der Waals surface area contributed by atoms with Crippen LogP contribution in [0.5, 0.6) is 0 Å². The molecule has 0 unspecified atom stereocenters. The Balaban J connectivity index is 1.80. The second-order valence-electron chi connectivity index (χ2n) is 6.37. The summed E-state index contributed by atoms with van der Waals surface area (Å²) in [5.74, 6) is -0.396. The molecule has 3 rings (SSSR count). The van der Waals surface area contributed by atoms with Crippen LogP contribution in [0.4, 0.5) is 5.00 Å². The zero-order valence-electron chi connectivity index (χ0n) is 16.2. The summed E-state index contributed by atoms with van der Waals surface area (Å²) in [4.78, 5) is 20.9. The summed E-state index contributed by atoms with van der Waals surface area (Å²) in [6, 6.07) is 3.63. The first-order chi connectivity index (χ1) is 13.6. The maximum atomic E-state index is 12.5. The van der Waals surface area contributed by atoms with Gasteiger partial charge in [0.2, 0.25) is 15.9 Å². The van der Waals surface area contributed by atoms with Gasteiger partial charge in [0.05, 0.1) is 11.4 Å². The number of aryl methyl sites for hydroxylation is 1. The lowest BCUT2D eigenvalue weighted by molar-refractivity contribution is -0.116. The third-order valence-corrected chi connectivity index (χ3v) is 7.57. The topological polar surface area (TPSA) is 110 Å². The number of halogens is 1. The van der Waals surface area contributed by atoms with Gasteiger partial charge in [0, 0.05) is 32.1 Å². The van der Waals surface area contributed by atoms with E-state index in [0.717, 1.165) is 9.87 Å². The number of sulfonamides is 1. The molecule has 0 radical (unpaired) electrons. The van der Waals surface area contributed by atoms with E-state index in [0.29, 0.717) is 21.4 Å². The smallest absolute Gasteiger partial charge is 0.246 e. The monoisotopic (exact) mass is 454 g/mol. The summed E-state index contributed by atoms with van der Waals surface area (Å²) in [5, 5.41) is 8.12. The Morgan fingerprint density at radius 3 is 2.69 bits per heavy atom. The van der Waals surface area contributed by atoms with Gasteiger partial charge in [-0.05, 0) is 26.0 Å². The number of thiazole rings is 1. The molecule has 0 atom stereocenters. The number of amides is 1. The Morgan fingerprint density at radius 1 is 1.34 bits per heavy atom. The Bertz CT molecular complexity index is 1160. The summed E-state index contributed by atoms with van der Waals surface area (Å²) in [5.41, 5.74) is 1.51. The van der Waals surface area contributed by atoms with Crippen molar-refractivity contribution in [2.24, 2.45) is 0 Å². The molecule has 0 aromatic carbocycles. The maximum absolute atomic E-state index is 12.5. The van der Waals surface area contributed by atoms with Crippen molar-refractivity contribution in [2.75, 3.05) is 19.4 Å². The van der Waals surface area contributed by atoms with Crippen LogP contribution in [0.3, 0.4) is 0 Å². The van der Waals surface area contributed by atoms with Crippen molar-refractivity contribution in [1.82, 2.24) is 24.1 Å². The van der Waals surface area contributed by atoms with Crippen molar-refractivity contribution in [3.63, 3.8) is 0 Å². The molecular weight excluding hydrogens is 436 g/mol. The van der Waals surface area contributed by atoms with Crippen LogP contribution in [0.2, 0.25) is 5.15 Å². The van der Waals surface area contributed by atoms with E-state index in [1.807, 2.05) is 6.07 Å². The molecule has 0 aliphatic carbocycles. The highest BCUT2D eigenvalue weighted by Crippen LogP contribution is 2.34. The van der Waals surface area contributed by atoms with Gasteiger partial charge in [-0.15, -0.1) is 0 Å². The molecule has 0 saturated carbocycles. The molecule has 0 fully saturated rings. The lowest BCUT2D eigenvalue weighted by Gasteiger charge is -2.11. The summed E-state index contributed by atoms with van der Waals surface area (Å²) in [7, 11) is -0.766. The second-order valence-corrected chi connectivity index (χ2v) is 9.82. The molecule has 3 aromatic rings. The quantitative estimate of drug-likeness (QED) is 0.612. The van der Waals surface area contributed by atoms with Crippen molar-refractivity contribution in [2.45, 2.75) is 25.3 Å². The lowest BCUT2D eigenvalue weighted by Crippen LogP contribution is -2.24. The van der Waals surface area contributed by atoms with Crippen molar-refractivity contribution in [1.29, 1.82) is 0 Å². The molecule has 3 aromatic heterocycles. The normalized spacial score (nSPS) is 11.8. The molecule has 0 aliphatic heterocycles. The molecule has 9 nitrogen and oxygen atoms in total. The summed E-state index contributed by atoms with van der Waals surface area (Å²) < 4.78 is 27.5. The Labute approximate surface area is 177 Å². The molecular formula is C17H19ClN6O3S2. The van der Waals surface area contributed by atoms with Gasteiger partial charge in [-0.25, -0.2) is 17.7 Å². The average Bonchev–Trinajstić information content (AvgIpc) is 3.15. The highest BCUT2D eigenvalue weighted by molar-refractivity contribution is 7.89. The molecule has 0 spiro atoms. The van der Waals surface area contributed by atoms with Gasteiger partial charge in [-0.3, -0.25) is 14.5 Å². The minimum Gasteiger partial charge on any atom is -0.313 e. The largest absolute Gasteiger partial charge is 0.313 e. The van der Waals surface area contributed by atoms with Crippen LogP contribution < -0.4 is 5.32 Å². The first kappa shape index (κ1) is 21.4. The second kappa shape index (κ2) is 8.19. The van der Waals surface area contributed by atoms with Gasteiger partial charge in [-0.2, -0.15) is 5.10 Å². The van der Waals surface area contributed by atoms with E-state index in [1.54, 1.807) is 32.3 Å². The molecule has 0 aliphatic rings. The Kier molecular flexibility index (Phi) is 6.03. The number of anilines is 1. The van der Waals surface area contributed by atoms with Gasteiger partial charge >= 0.3 is 0 Å². The highest BCUT2D eigenvalue weighted by atomic mass is 35.5. The molecule has 1 amide bonds. The minimum absolute atomic E-state index is 0.102. The van der Waals surface area contributed by atoms with Gasteiger partial charge in [0.15, 0.2) is 5.15 Å². The number of rotatable bonds is 6. The SMILES string of the molecule is Cc1nn(CC(=O)Nc2sc(-c3cccnc3)nc2Cl)c(C)c1S(=O)(=O)N(C)C. The molecule has 3 heterocycles. The maximum Gasteiger partial charge on any atom is 0.246 e. The van der Waals surface area contributed by atoms with E-state index in [2.05, 4.69) is 20.4 Å². The summed E-state index contributed by atoms with van der Waals surface area (Å²) in [6.45, 7) is 3.05. The molecule has 1 N–H and O–H groups in total. The number of pyridine rings is 1. The standard InChI is InChI=1S/C17H19ClN6O3S2/c1-10-14(29(26,27)23(3)4)11(2)24(22-10)9-13(25)20-17-15(18)21-16(28-17)12-6-5-7-19-8-12/h5-8H,9H2,1-4H3,(H,20,25). The molecule has 154 valence electrons. The third-order valence-electron chi connectivity index (χ3n) is 4.09. The van der Waals surface area contributed by atoms with Crippen LogP contribution >= 0.6 is 22.9 Å². The van der Waals surface area contributed by atoms with Crippen molar-refractivity contribution in [3.05, 3.63) is 41.1 Å².